The summed E-state index contributed by atoms with van der Waals surface area (Å²) >= 11 is 0. The molecule has 2 amide bonds. The van der Waals surface area contributed by atoms with Gasteiger partial charge in [-0.2, -0.15) is 4.31 Å². The maximum atomic E-state index is 12.7. The molecule has 3 rings (SSSR count). The summed E-state index contributed by atoms with van der Waals surface area (Å²) in [5.74, 6) is -0.342. The molecule has 32 heavy (non-hydrogen) atoms. The number of carbonyl (C=O) groups excluding carboxylic acids is 2. The van der Waals surface area contributed by atoms with E-state index >= 15 is 0 Å². The van der Waals surface area contributed by atoms with Crippen LogP contribution in [0, 0.1) is 6.92 Å². The highest BCUT2D eigenvalue weighted by Gasteiger charge is 2.22. The van der Waals surface area contributed by atoms with Crippen LogP contribution in [0.4, 0.5) is 5.69 Å². The minimum Gasteiger partial charge on any atom is -0.467 e. The van der Waals surface area contributed by atoms with E-state index in [2.05, 4.69) is 10.6 Å². The number of sulfonamides is 1. The first-order valence-electron chi connectivity index (χ1n) is 9.92. The predicted molar refractivity (Wildman–Crippen MR) is 121 cm³/mol. The Bertz CT molecular complexity index is 1170. The summed E-state index contributed by atoms with van der Waals surface area (Å²) in [5.41, 5.74) is 2.38. The van der Waals surface area contributed by atoms with Crippen molar-refractivity contribution in [2.45, 2.75) is 20.0 Å². The van der Waals surface area contributed by atoms with Gasteiger partial charge < -0.3 is 15.1 Å². The second-order valence-corrected chi connectivity index (χ2v) is 9.35. The standard InChI is InChI=1S/C23H25N3O5S/c1-17-9-11-18(12-10-17)15-26(32(2,29)30)16-22(27)25-21-8-4-3-7-20(21)23(28)24-14-19-6-5-13-31-19/h3-13H,14-16H2,1-2H3,(H,24,28)(H,25,27). The van der Waals surface area contributed by atoms with Gasteiger partial charge in [0.25, 0.3) is 5.91 Å². The van der Waals surface area contributed by atoms with Crippen LogP contribution in [0.3, 0.4) is 0 Å². The van der Waals surface area contributed by atoms with E-state index in [1.54, 1.807) is 36.4 Å². The van der Waals surface area contributed by atoms with E-state index in [-0.39, 0.29) is 25.2 Å². The molecule has 2 N–H and O–H groups in total. The van der Waals surface area contributed by atoms with Crippen molar-refractivity contribution in [3.8, 4) is 0 Å². The topological polar surface area (TPSA) is 109 Å². The third-order valence-electron chi connectivity index (χ3n) is 4.72. The predicted octanol–water partition coefficient (Wildman–Crippen LogP) is 2.92. The zero-order valence-corrected chi connectivity index (χ0v) is 18.7. The molecule has 2 aromatic carbocycles. The summed E-state index contributed by atoms with van der Waals surface area (Å²) in [6.45, 7) is 1.83. The van der Waals surface area contributed by atoms with E-state index in [9.17, 15) is 18.0 Å². The van der Waals surface area contributed by atoms with Crippen LogP contribution in [0.5, 0.6) is 0 Å². The normalized spacial score (nSPS) is 11.3. The van der Waals surface area contributed by atoms with Crippen LogP contribution < -0.4 is 10.6 Å². The largest absolute Gasteiger partial charge is 0.467 e. The Balaban J connectivity index is 1.68. The molecule has 0 aliphatic rings. The molecule has 168 valence electrons. The molecule has 9 heteroatoms. The molecule has 0 radical (unpaired) electrons. The van der Waals surface area contributed by atoms with E-state index in [0.29, 0.717) is 11.4 Å². The van der Waals surface area contributed by atoms with Crippen molar-refractivity contribution in [1.82, 2.24) is 9.62 Å². The molecule has 0 saturated carbocycles. The lowest BCUT2D eigenvalue weighted by Crippen LogP contribution is -2.37. The average molecular weight is 456 g/mol. The highest BCUT2D eigenvalue weighted by Crippen LogP contribution is 2.16. The number of nitrogens with zero attached hydrogens (tertiary/aromatic N) is 1. The number of aryl methyl sites for hydroxylation is 1. The van der Waals surface area contributed by atoms with Crippen LogP contribution in [0.15, 0.2) is 71.3 Å². The second-order valence-electron chi connectivity index (χ2n) is 7.37. The highest BCUT2D eigenvalue weighted by molar-refractivity contribution is 7.88. The molecule has 8 nitrogen and oxygen atoms in total. The first kappa shape index (κ1) is 23.2. The summed E-state index contributed by atoms with van der Waals surface area (Å²) in [6, 6.07) is 17.4. The lowest BCUT2D eigenvalue weighted by atomic mass is 10.1. The van der Waals surface area contributed by atoms with Crippen molar-refractivity contribution >= 4 is 27.5 Å². The highest BCUT2D eigenvalue weighted by atomic mass is 32.2. The fourth-order valence-electron chi connectivity index (χ4n) is 3.00. The van der Waals surface area contributed by atoms with Crippen LogP contribution in [-0.2, 0) is 27.9 Å². The van der Waals surface area contributed by atoms with Crippen molar-refractivity contribution < 1.29 is 22.4 Å². The van der Waals surface area contributed by atoms with Crippen LogP contribution in [0.1, 0.15) is 27.2 Å². The van der Waals surface area contributed by atoms with Crippen molar-refractivity contribution in [2.24, 2.45) is 0 Å². The molecule has 0 aliphatic carbocycles. The molecular formula is C23H25N3O5S. The van der Waals surface area contributed by atoms with Crippen molar-refractivity contribution in [2.75, 3.05) is 18.1 Å². The molecule has 0 fully saturated rings. The number of benzene rings is 2. The number of anilines is 1. The number of carbonyl (C=O) groups is 2. The third-order valence-corrected chi connectivity index (χ3v) is 5.91. The number of furan rings is 1. The Morgan fingerprint density at radius 2 is 1.72 bits per heavy atom. The number of rotatable bonds is 9. The van der Waals surface area contributed by atoms with Gasteiger partial charge in [0.1, 0.15) is 5.76 Å². The maximum absolute atomic E-state index is 12.7. The van der Waals surface area contributed by atoms with E-state index in [1.165, 1.54) is 6.26 Å². The second kappa shape index (κ2) is 10.3. The molecule has 0 saturated heterocycles. The van der Waals surface area contributed by atoms with Gasteiger partial charge in [-0.1, -0.05) is 42.0 Å². The quantitative estimate of drug-likeness (QED) is 0.516. The Labute approximate surface area is 187 Å². The minimum absolute atomic E-state index is 0.0673. The van der Waals surface area contributed by atoms with Gasteiger partial charge in [0, 0.05) is 6.54 Å². The Morgan fingerprint density at radius 3 is 2.38 bits per heavy atom. The van der Waals surface area contributed by atoms with E-state index in [0.717, 1.165) is 21.7 Å². The van der Waals surface area contributed by atoms with Crippen LogP contribution in [-0.4, -0.2) is 37.3 Å². The third kappa shape index (κ3) is 6.53. The first-order valence-corrected chi connectivity index (χ1v) is 11.8. The molecule has 0 aliphatic heterocycles. The summed E-state index contributed by atoms with van der Waals surface area (Å²) in [5, 5.41) is 5.38. The molecular weight excluding hydrogens is 430 g/mol. The van der Waals surface area contributed by atoms with Crippen LogP contribution in [0.2, 0.25) is 0 Å². The van der Waals surface area contributed by atoms with Gasteiger partial charge in [-0.05, 0) is 36.8 Å². The summed E-state index contributed by atoms with van der Waals surface area (Å²) in [6.07, 6.45) is 2.57. The van der Waals surface area contributed by atoms with Crippen molar-refractivity contribution in [3.63, 3.8) is 0 Å². The van der Waals surface area contributed by atoms with Gasteiger partial charge in [-0.3, -0.25) is 9.59 Å². The molecule has 0 spiro atoms. The Kier molecular flexibility index (Phi) is 7.45. The van der Waals surface area contributed by atoms with Gasteiger partial charge in [0.2, 0.25) is 15.9 Å². The fourth-order valence-corrected chi connectivity index (χ4v) is 3.74. The fraction of sp³-hybridized carbons (Fsp3) is 0.217. The Morgan fingerprint density at radius 1 is 1.00 bits per heavy atom. The number of para-hydroxylation sites is 1. The Hall–Kier alpha value is -3.43. The van der Waals surface area contributed by atoms with Gasteiger partial charge in [0.05, 0.1) is 36.9 Å². The summed E-state index contributed by atoms with van der Waals surface area (Å²) < 4.78 is 30.8. The van der Waals surface area contributed by atoms with Gasteiger partial charge >= 0.3 is 0 Å². The van der Waals surface area contributed by atoms with Crippen molar-refractivity contribution in [3.05, 3.63) is 89.4 Å². The zero-order chi connectivity index (χ0) is 23.1. The number of amides is 2. The van der Waals surface area contributed by atoms with E-state index in [1.807, 2.05) is 31.2 Å². The lowest BCUT2D eigenvalue weighted by molar-refractivity contribution is -0.116. The summed E-state index contributed by atoms with van der Waals surface area (Å²) in [7, 11) is -3.64. The smallest absolute Gasteiger partial charge is 0.253 e. The van der Waals surface area contributed by atoms with Gasteiger partial charge in [-0.15, -0.1) is 0 Å². The maximum Gasteiger partial charge on any atom is 0.253 e. The minimum atomic E-state index is -3.64. The molecule has 3 aromatic rings. The first-order chi connectivity index (χ1) is 15.2. The lowest BCUT2D eigenvalue weighted by Gasteiger charge is -2.20. The average Bonchev–Trinajstić information content (AvgIpc) is 3.26. The van der Waals surface area contributed by atoms with Crippen molar-refractivity contribution in [1.29, 1.82) is 0 Å². The number of hydrogen-bond donors (Lipinski definition) is 2. The zero-order valence-electron chi connectivity index (χ0n) is 17.9. The van der Waals surface area contributed by atoms with E-state index in [4.69, 9.17) is 4.42 Å². The van der Waals surface area contributed by atoms with E-state index < -0.39 is 21.8 Å². The summed E-state index contributed by atoms with van der Waals surface area (Å²) in [4.78, 5) is 25.3. The molecule has 0 bridgehead atoms. The van der Waals surface area contributed by atoms with Crippen LogP contribution >= 0.6 is 0 Å². The molecule has 0 atom stereocenters. The monoisotopic (exact) mass is 455 g/mol. The molecule has 0 unspecified atom stereocenters. The number of nitrogens with one attached hydrogen (secondary N) is 2. The molecule has 1 heterocycles. The molecule has 1 aromatic heterocycles. The van der Waals surface area contributed by atoms with Gasteiger partial charge in [0.15, 0.2) is 0 Å². The van der Waals surface area contributed by atoms with Crippen LogP contribution in [0.25, 0.3) is 0 Å². The van der Waals surface area contributed by atoms with Gasteiger partial charge in [-0.25, -0.2) is 8.42 Å². The SMILES string of the molecule is Cc1ccc(CN(CC(=O)Nc2ccccc2C(=O)NCc2ccco2)S(C)(=O)=O)cc1. The number of hydrogen-bond acceptors (Lipinski definition) is 5.